The number of anilines is 1. The standard InChI is InChI=1S/C29H23N3O7/c1-38-19-10-7-17(8-11-19)27(33)26-24-23(25-20-6-4-3-5-16(20)13-14-30(25)26)28(34)31(29(24)35)21-15-18(32(36)37)9-12-22(21)39-2/h3-15,23-26H,1-2H3/t23-,24+,25+,26+/m0/s1. The number of hydrogen-bond donors (Lipinski definition) is 0. The Hall–Kier alpha value is -4.99. The Labute approximate surface area is 223 Å². The van der Waals surface area contributed by atoms with Crippen molar-refractivity contribution in [1.29, 1.82) is 0 Å². The largest absolute Gasteiger partial charge is 0.497 e. The van der Waals surface area contributed by atoms with Gasteiger partial charge in [0.25, 0.3) is 5.69 Å². The maximum absolute atomic E-state index is 14.1. The van der Waals surface area contributed by atoms with Crippen molar-refractivity contribution in [2.45, 2.75) is 12.1 Å². The molecular formula is C29H23N3O7. The number of rotatable bonds is 6. The molecule has 0 radical (unpaired) electrons. The van der Waals surface area contributed by atoms with E-state index in [-0.39, 0.29) is 22.9 Å². The number of imide groups is 1. The van der Waals surface area contributed by atoms with Crippen molar-refractivity contribution in [3.8, 4) is 11.5 Å². The van der Waals surface area contributed by atoms with Gasteiger partial charge in [0.05, 0.1) is 37.0 Å². The summed E-state index contributed by atoms with van der Waals surface area (Å²) in [7, 11) is 2.88. The van der Waals surface area contributed by atoms with Crippen molar-refractivity contribution in [3.05, 3.63) is 99.7 Å². The van der Waals surface area contributed by atoms with Crippen LogP contribution in [0.4, 0.5) is 11.4 Å². The van der Waals surface area contributed by atoms with Crippen LogP contribution in [0.25, 0.3) is 6.08 Å². The Morgan fingerprint density at radius 3 is 2.33 bits per heavy atom. The SMILES string of the molecule is COc1ccc(C(=O)[C@H]2[C@@H]3C(=O)N(c4cc([N+](=O)[O-])ccc4OC)C(=O)[C@@H]3[C@H]3c4ccccc4C=CN32)cc1. The third-order valence-electron chi connectivity index (χ3n) is 7.72. The number of nitrogens with zero attached hydrogens (tertiary/aromatic N) is 3. The van der Waals surface area contributed by atoms with Gasteiger partial charge in [-0.15, -0.1) is 0 Å². The summed E-state index contributed by atoms with van der Waals surface area (Å²) in [5.74, 6) is -2.63. The fourth-order valence-corrected chi connectivity index (χ4v) is 5.99. The van der Waals surface area contributed by atoms with E-state index >= 15 is 0 Å². The van der Waals surface area contributed by atoms with E-state index in [1.54, 1.807) is 30.5 Å². The predicted molar refractivity (Wildman–Crippen MR) is 140 cm³/mol. The number of methoxy groups -OCH3 is 2. The van der Waals surface area contributed by atoms with Crippen LogP contribution in [-0.2, 0) is 9.59 Å². The number of carbonyl (C=O) groups excluding carboxylic acids is 3. The first-order chi connectivity index (χ1) is 18.8. The average molecular weight is 526 g/mol. The number of benzene rings is 3. The summed E-state index contributed by atoms with van der Waals surface area (Å²) in [4.78, 5) is 55.9. The van der Waals surface area contributed by atoms with E-state index in [0.717, 1.165) is 22.1 Å². The third kappa shape index (κ3) is 3.59. The molecule has 2 fully saturated rings. The van der Waals surface area contributed by atoms with Crippen LogP contribution in [0.1, 0.15) is 27.5 Å². The second kappa shape index (κ2) is 9.09. The highest BCUT2D eigenvalue weighted by Crippen LogP contribution is 2.54. The summed E-state index contributed by atoms with van der Waals surface area (Å²) < 4.78 is 10.6. The van der Waals surface area contributed by atoms with E-state index in [0.29, 0.717) is 11.3 Å². The second-order valence-corrected chi connectivity index (χ2v) is 9.55. The van der Waals surface area contributed by atoms with Crippen LogP contribution in [0.2, 0.25) is 0 Å². The molecule has 3 aliphatic rings. The summed E-state index contributed by atoms with van der Waals surface area (Å²) >= 11 is 0. The fraction of sp³-hybridized carbons (Fsp3) is 0.207. The molecule has 0 aliphatic carbocycles. The molecule has 0 aromatic heterocycles. The van der Waals surface area contributed by atoms with Gasteiger partial charge in [-0.2, -0.15) is 0 Å². The van der Waals surface area contributed by atoms with Crippen molar-refractivity contribution in [3.63, 3.8) is 0 Å². The Bertz CT molecular complexity index is 1570. The first-order valence-electron chi connectivity index (χ1n) is 12.3. The Morgan fingerprint density at radius 1 is 0.923 bits per heavy atom. The Balaban J connectivity index is 1.50. The Morgan fingerprint density at radius 2 is 1.64 bits per heavy atom. The number of nitro benzene ring substituents is 1. The summed E-state index contributed by atoms with van der Waals surface area (Å²) in [6, 6.07) is 16.4. The van der Waals surface area contributed by atoms with Crippen LogP contribution in [0.5, 0.6) is 11.5 Å². The van der Waals surface area contributed by atoms with Crippen molar-refractivity contribution in [2.75, 3.05) is 19.1 Å². The van der Waals surface area contributed by atoms with E-state index in [4.69, 9.17) is 9.47 Å². The van der Waals surface area contributed by atoms with Crippen LogP contribution >= 0.6 is 0 Å². The van der Waals surface area contributed by atoms with Gasteiger partial charge >= 0.3 is 0 Å². The lowest BCUT2D eigenvalue weighted by atomic mass is 9.83. The minimum Gasteiger partial charge on any atom is -0.497 e. The highest BCUT2D eigenvalue weighted by molar-refractivity contribution is 6.25. The molecule has 0 unspecified atom stereocenters. The molecule has 4 atom stereocenters. The zero-order chi connectivity index (χ0) is 27.4. The molecule has 2 saturated heterocycles. The number of non-ortho nitro benzene ring substituents is 1. The Kier molecular flexibility index (Phi) is 5.67. The van der Waals surface area contributed by atoms with Gasteiger partial charge in [-0.1, -0.05) is 24.3 Å². The number of fused-ring (bicyclic) bond motifs is 5. The zero-order valence-corrected chi connectivity index (χ0v) is 21.0. The van der Waals surface area contributed by atoms with Crippen molar-refractivity contribution < 1.29 is 28.8 Å². The lowest BCUT2D eigenvalue weighted by molar-refractivity contribution is -0.384. The normalized spacial score (nSPS) is 22.8. The van der Waals surface area contributed by atoms with Gasteiger partial charge in [0, 0.05) is 23.9 Å². The zero-order valence-electron chi connectivity index (χ0n) is 21.0. The summed E-state index contributed by atoms with van der Waals surface area (Å²) in [6.07, 6.45) is 3.65. The van der Waals surface area contributed by atoms with Crippen molar-refractivity contribution in [2.24, 2.45) is 11.8 Å². The smallest absolute Gasteiger partial charge is 0.271 e. The molecule has 10 heteroatoms. The number of carbonyl (C=O) groups is 3. The predicted octanol–water partition coefficient (Wildman–Crippen LogP) is 4.01. The number of ether oxygens (including phenoxy) is 2. The highest BCUT2D eigenvalue weighted by atomic mass is 16.6. The molecule has 0 N–H and O–H groups in total. The van der Waals surface area contributed by atoms with Crippen LogP contribution in [0.15, 0.2) is 72.9 Å². The lowest BCUT2D eigenvalue weighted by Crippen LogP contribution is -2.44. The fourth-order valence-electron chi connectivity index (χ4n) is 5.99. The number of nitro groups is 1. The van der Waals surface area contributed by atoms with Gasteiger partial charge in [-0.05, 0) is 47.5 Å². The quantitative estimate of drug-likeness (QED) is 0.205. The van der Waals surface area contributed by atoms with E-state index in [2.05, 4.69) is 0 Å². The summed E-state index contributed by atoms with van der Waals surface area (Å²) in [5, 5.41) is 11.5. The highest BCUT2D eigenvalue weighted by Gasteiger charge is 2.64. The molecule has 0 spiro atoms. The molecule has 10 nitrogen and oxygen atoms in total. The van der Waals surface area contributed by atoms with Gasteiger partial charge in [-0.25, -0.2) is 4.90 Å². The molecule has 0 bridgehead atoms. The van der Waals surface area contributed by atoms with Gasteiger partial charge in [0.15, 0.2) is 5.78 Å². The molecule has 3 aliphatic heterocycles. The van der Waals surface area contributed by atoms with Crippen LogP contribution < -0.4 is 14.4 Å². The van der Waals surface area contributed by atoms with Crippen molar-refractivity contribution in [1.82, 2.24) is 4.90 Å². The lowest BCUT2D eigenvalue weighted by Gasteiger charge is -2.35. The topological polar surface area (TPSA) is 119 Å². The molecule has 3 aromatic carbocycles. The number of amides is 2. The maximum atomic E-state index is 14.1. The first kappa shape index (κ1) is 24.4. The van der Waals surface area contributed by atoms with E-state index in [9.17, 15) is 24.5 Å². The summed E-state index contributed by atoms with van der Waals surface area (Å²) in [6.45, 7) is 0. The summed E-state index contributed by atoms with van der Waals surface area (Å²) in [5.41, 5.74) is 1.79. The number of hydrogen-bond acceptors (Lipinski definition) is 8. The molecule has 3 aromatic rings. The van der Waals surface area contributed by atoms with Gasteiger partial charge in [0.1, 0.15) is 23.2 Å². The molecule has 196 valence electrons. The molecule has 3 heterocycles. The monoisotopic (exact) mass is 525 g/mol. The first-order valence-corrected chi connectivity index (χ1v) is 12.3. The van der Waals surface area contributed by atoms with Crippen LogP contribution in [0, 0.1) is 22.0 Å². The van der Waals surface area contributed by atoms with Crippen molar-refractivity contribution >= 4 is 35.0 Å². The number of ketones is 1. The van der Waals surface area contributed by atoms with E-state index in [1.807, 2.05) is 35.2 Å². The number of Topliss-reactive ketones (excluding diaryl/α,β-unsaturated/α-hetero) is 1. The molecular weight excluding hydrogens is 502 g/mol. The van der Waals surface area contributed by atoms with Crippen LogP contribution in [-0.4, -0.2) is 47.7 Å². The maximum Gasteiger partial charge on any atom is 0.271 e. The molecule has 6 rings (SSSR count). The van der Waals surface area contributed by atoms with Crippen LogP contribution in [0.3, 0.4) is 0 Å². The third-order valence-corrected chi connectivity index (χ3v) is 7.72. The van der Waals surface area contributed by atoms with Gasteiger partial charge in [0.2, 0.25) is 11.8 Å². The van der Waals surface area contributed by atoms with Gasteiger partial charge in [-0.3, -0.25) is 24.5 Å². The van der Waals surface area contributed by atoms with E-state index in [1.165, 1.54) is 26.4 Å². The molecule has 39 heavy (non-hydrogen) atoms. The second-order valence-electron chi connectivity index (χ2n) is 9.55. The molecule has 2 amide bonds. The minimum absolute atomic E-state index is 0.0158. The minimum atomic E-state index is -1.02. The average Bonchev–Trinajstić information content (AvgIpc) is 3.44. The molecule has 0 saturated carbocycles. The van der Waals surface area contributed by atoms with E-state index < -0.39 is 40.7 Å². The van der Waals surface area contributed by atoms with Gasteiger partial charge < -0.3 is 14.4 Å².